The predicted octanol–water partition coefficient (Wildman–Crippen LogP) is 3.11. The fourth-order valence-corrected chi connectivity index (χ4v) is 1.03. The Morgan fingerprint density at radius 2 is 0.882 bits per heavy atom. The molecule has 0 fully saturated rings. The molecule has 3 heteroatoms. The summed E-state index contributed by atoms with van der Waals surface area (Å²) in [5.41, 5.74) is 1.43. The zero-order valence-electron chi connectivity index (χ0n) is 9.08. The summed E-state index contributed by atoms with van der Waals surface area (Å²) < 4.78 is 0. The Labute approximate surface area is 112 Å². The molecule has 2 nitrogen and oxygen atoms in total. The van der Waals surface area contributed by atoms with E-state index in [1.807, 2.05) is 48.5 Å². The first-order valence-electron chi connectivity index (χ1n) is 4.77. The molecule has 0 N–H and O–H groups in total. The molecule has 0 saturated heterocycles. The molecule has 0 aliphatic carbocycles. The first kappa shape index (κ1) is 15.0. The summed E-state index contributed by atoms with van der Waals surface area (Å²) in [5.74, 6) is 0. The first-order chi connectivity index (χ1) is 7.86. The number of hydrogen-bond donors (Lipinski definition) is 0. The maximum Gasteiger partial charge on any atom is 0.0991 e. The number of benzene rings is 2. The average Bonchev–Trinajstić information content (AvgIpc) is 2.41. The molecule has 0 atom stereocenters. The van der Waals surface area contributed by atoms with Gasteiger partial charge < -0.3 is 0 Å². The maximum atomic E-state index is 8.29. The number of hydrogen-bond acceptors (Lipinski definition) is 2. The Balaban J connectivity index is 0.000000284. The minimum atomic E-state index is 0. The Morgan fingerprint density at radius 3 is 1.06 bits per heavy atom. The Morgan fingerprint density at radius 1 is 0.588 bits per heavy atom. The van der Waals surface area contributed by atoms with E-state index in [-0.39, 0.29) is 17.4 Å². The molecular weight excluding hydrogens is 248 g/mol. The molecule has 0 unspecified atom stereocenters. The van der Waals surface area contributed by atoms with Crippen LogP contribution in [0.4, 0.5) is 0 Å². The normalized spacial score (nSPS) is 7.41. The van der Waals surface area contributed by atoms with Crippen LogP contribution in [0, 0.1) is 22.7 Å². The quantitative estimate of drug-likeness (QED) is 0.728. The molecule has 0 bridgehead atoms. The van der Waals surface area contributed by atoms with Crippen molar-refractivity contribution in [2.75, 3.05) is 0 Å². The summed E-state index contributed by atoms with van der Waals surface area (Å²) in [6.07, 6.45) is 0. The molecule has 0 saturated carbocycles. The molecule has 0 spiro atoms. The molecule has 2 aromatic rings. The Bertz CT molecular complexity index is 446. The van der Waals surface area contributed by atoms with E-state index in [0.29, 0.717) is 11.1 Å². The standard InChI is InChI=1S/2C7H5N.Cr/c2*8-6-7-4-2-1-3-5-7;/h2*1-5H;. The van der Waals surface area contributed by atoms with Crippen LogP contribution in [0.5, 0.6) is 0 Å². The Kier molecular flexibility index (Phi) is 8.09. The van der Waals surface area contributed by atoms with Gasteiger partial charge in [-0.3, -0.25) is 0 Å². The fourth-order valence-electron chi connectivity index (χ4n) is 1.03. The van der Waals surface area contributed by atoms with Crippen LogP contribution < -0.4 is 0 Å². The van der Waals surface area contributed by atoms with Crippen LogP contribution in [0.25, 0.3) is 0 Å². The van der Waals surface area contributed by atoms with Crippen molar-refractivity contribution in [1.29, 1.82) is 10.5 Å². The van der Waals surface area contributed by atoms with Crippen molar-refractivity contribution in [1.82, 2.24) is 0 Å². The van der Waals surface area contributed by atoms with E-state index in [1.54, 1.807) is 24.3 Å². The molecule has 0 radical (unpaired) electrons. The third kappa shape index (κ3) is 6.18. The van der Waals surface area contributed by atoms with Crippen LogP contribution in [0.1, 0.15) is 11.1 Å². The molecule has 0 heterocycles. The summed E-state index contributed by atoms with van der Waals surface area (Å²) >= 11 is 0. The number of rotatable bonds is 0. The SMILES string of the molecule is N#Cc1ccccc1.N#Cc1ccccc1.[Cr]. The third-order valence-electron chi connectivity index (χ3n) is 1.81. The van der Waals surface area contributed by atoms with Crippen LogP contribution in [0.2, 0.25) is 0 Å². The molecule has 2 aromatic carbocycles. The summed E-state index contributed by atoms with van der Waals surface area (Å²) in [7, 11) is 0. The summed E-state index contributed by atoms with van der Waals surface area (Å²) in [6.45, 7) is 0. The molecule has 0 aromatic heterocycles. The van der Waals surface area contributed by atoms with E-state index in [0.717, 1.165) is 0 Å². The van der Waals surface area contributed by atoms with Gasteiger partial charge in [-0.1, -0.05) is 36.4 Å². The summed E-state index contributed by atoms with van der Waals surface area (Å²) in [5, 5.41) is 16.6. The van der Waals surface area contributed by atoms with Gasteiger partial charge in [0.05, 0.1) is 23.3 Å². The van der Waals surface area contributed by atoms with E-state index in [2.05, 4.69) is 0 Å². The van der Waals surface area contributed by atoms with Crippen molar-refractivity contribution in [2.24, 2.45) is 0 Å². The van der Waals surface area contributed by atoms with Crippen LogP contribution in [-0.2, 0) is 17.4 Å². The van der Waals surface area contributed by atoms with E-state index in [9.17, 15) is 0 Å². The van der Waals surface area contributed by atoms with Crippen molar-refractivity contribution in [2.45, 2.75) is 0 Å². The predicted molar refractivity (Wildman–Crippen MR) is 62.3 cm³/mol. The monoisotopic (exact) mass is 258 g/mol. The molecule has 17 heavy (non-hydrogen) atoms. The van der Waals surface area contributed by atoms with Gasteiger partial charge in [0.1, 0.15) is 0 Å². The van der Waals surface area contributed by atoms with Crippen molar-refractivity contribution >= 4 is 0 Å². The zero-order valence-corrected chi connectivity index (χ0v) is 10.4. The van der Waals surface area contributed by atoms with Crippen LogP contribution in [-0.4, -0.2) is 0 Å². The maximum absolute atomic E-state index is 8.29. The topological polar surface area (TPSA) is 47.6 Å². The number of nitriles is 2. The second-order valence-electron chi connectivity index (χ2n) is 2.96. The van der Waals surface area contributed by atoms with E-state index >= 15 is 0 Å². The van der Waals surface area contributed by atoms with Gasteiger partial charge in [-0.25, -0.2) is 0 Å². The van der Waals surface area contributed by atoms with Crippen molar-refractivity contribution < 1.29 is 17.4 Å². The minimum absolute atomic E-state index is 0. The van der Waals surface area contributed by atoms with Gasteiger partial charge in [0.25, 0.3) is 0 Å². The van der Waals surface area contributed by atoms with E-state index in [4.69, 9.17) is 10.5 Å². The van der Waals surface area contributed by atoms with Crippen molar-refractivity contribution in [3.05, 3.63) is 71.8 Å². The third-order valence-corrected chi connectivity index (χ3v) is 1.81. The van der Waals surface area contributed by atoms with Crippen LogP contribution in [0.15, 0.2) is 60.7 Å². The molecule has 0 amide bonds. The van der Waals surface area contributed by atoms with Crippen LogP contribution in [0.3, 0.4) is 0 Å². The summed E-state index contributed by atoms with van der Waals surface area (Å²) in [6, 6.07) is 22.3. The minimum Gasteiger partial charge on any atom is -0.192 e. The summed E-state index contributed by atoms with van der Waals surface area (Å²) in [4.78, 5) is 0. The molecule has 82 valence electrons. The van der Waals surface area contributed by atoms with Gasteiger partial charge in [0, 0.05) is 17.4 Å². The smallest absolute Gasteiger partial charge is 0.0991 e. The Hall–Kier alpha value is -2.05. The van der Waals surface area contributed by atoms with Crippen molar-refractivity contribution in [3.8, 4) is 12.1 Å². The van der Waals surface area contributed by atoms with Gasteiger partial charge in [0.2, 0.25) is 0 Å². The first-order valence-corrected chi connectivity index (χ1v) is 4.77. The molecule has 0 aliphatic rings. The average molecular weight is 258 g/mol. The van der Waals surface area contributed by atoms with E-state index in [1.165, 1.54) is 0 Å². The van der Waals surface area contributed by atoms with Gasteiger partial charge in [-0.05, 0) is 24.3 Å². The zero-order chi connectivity index (χ0) is 11.6. The fraction of sp³-hybridized carbons (Fsp3) is 0. The van der Waals surface area contributed by atoms with Gasteiger partial charge >= 0.3 is 0 Å². The van der Waals surface area contributed by atoms with Gasteiger partial charge in [-0.2, -0.15) is 10.5 Å². The number of nitrogens with zero attached hydrogens (tertiary/aromatic N) is 2. The van der Waals surface area contributed by atoms with E-state index < -0.39 is 0 Å². The van der Waals surface area contributed by atoms with Gasteiger partial charge in [0.15, 0.2) is 0 Å². The van der Waals surface area contributed by atoms with Gasteiger partial charge in [-0.15, -0.1) is 0 Å². The molecule has 0 aliphatic heterocycles. The molecular formula is C14H10CrN2. The molecule has 2 rings (SSSR count). The second kappa shape index (κ2) is 9.20. The van der Waals surface area contributed by atoms with Crippen molar-refractivity contribution in [3.63, 3.8) is 0 Å². The second-order valence-corrected chi connectivity index (χ2v) is 2.96. The largest absolute Gasteiger partial charge is 0.192 e. The van der Waals surface area contributed by atoms with Crippen LogP contribution >= 0.6 is 0 Å².